The van der Waals surface area contributed by atoms with E-state index in [-0.39, 0.29) is 5.41 Å². The number of aliphatic carboxylic acids is 2. The van der Waals surface area contributed by atoms with E-state index in [1.54, 1.807) is 0 Å². The van der Waals surface area contributed by atoms with Crippen LogP contribution in [0.1, 0.15) is 58.3 Å². The van der Waals surface area contributed by atoms with E-state index >= 15 is 0 Å². The van der Waals surface area contributed by atoms with Crippen LogP contribution in [0.15, 0.2) is 5.16 Å². The third-order valence-corrected chi connectivity index (χ3v) is 6.62. The molecule has 174 valence electrons. The number of hydrogen-bond acceptors (Lipinski definition) is 7. The molecule has 9 nitrogen and oxygen atoms in total. The molecule has 2 aliphatic rings. The third-order valence-electron chi connectivity index (χ3n) is 6.62. The summed E-state index contributed by atoms with van der Waals surface area (Å²) in [5, 5.41) is 30.2. The molecule has 0 heterocycles. The fourth-order valence-corrected chi connectivity index (χ4v) is 4.75. The van der Waals surface area contributed by atoms with Crippen LogP contribution in [0.25, 0.3) is 0 Å². The van der Waals surface area contributed by atoms with Gasteiger partial charge in [0.15, 0.2) is 0 Å². The Morgan fingerprint density at radius 3 is 2.43 bits per heavy atom. The Hall–Kier alpha value is -1.71. The van der Waals surface area contributed by atoms with Gasteiger partial charge < -0.3 is 30.8 Å². The summed E-state index contributed by atoms with van der Waals surface area (Å²) >= 11 is 0. The quantitative estimate of drug-likeness (QED) is 0.188. The van der Waals surface area contributed by atoms with Gasteiger partial charge in [-0.25, -0.2) is 9.59 Å². The van der Waals surface area contributed by atoms with Crippen LogP contribution < -0.4 is 5.73 Å². The zero-order chi connectivity index (χ0) is 22.8. The molecule has 0 radical (unpaired) electrons. The van der Waals surface area contributed by atoms with E-state index in [0.29, 0.717) is 25.0 Å². The summed E-state index contributed by atoms with van der Waals surface area (Å²) in [4.78, 5) is 25.6. The summed E-state index contributed by atoms with van der Waals surface area (Å²) < 4.78 is 0. The van der Waals surface area contributed by atoms with Crippen molar-refractivity contribution in [1.29, 1.82) is 0 Å². The van der Waals surface area contributed by atoms with Crippen LogP contribution in [0, 0.1) is 17.3 Å². The number of carboxylic acid groups (broad SMARTS) is 2. The maximum absolute atomic E-state index is 11.3. The Balaban J connectivity index is 0.000000656. The molecule has 5 N–H and O–H groups in total. The molecule has 0 aromatic rings. The second-order valence-corrected chi connectivity index (χ2v) is 8.99. The van der Waals surface area contributed by atoms with Crippen molar-refractivity contribution in [3.05, 3.63) is 0 Å². The zero-order valence-electron chi connectivity index (χ0n) is 18.5. The summed E-state index contributed by atoms with van der Waals surface area (Å²) in [5.74, 6) is -2.66. The largest absolute Gasteiger partial charge is 0.473 e. The van der Waals surface area contributed by atoms with Crippen molar-refractivity contribution >= 4 is 18.2 Å². The predicted octanol–water partition coefficient (Wildman–Crippen LogP) is 1.78. The molecule has 2 aliphatic carbocycles. The molecular weight excluding hydrogens is 390 g/mol. The number of carboxylic acids is 2. The second-order valence-electron chi connectivity index (χ2n) is 8.99. The van der Waals surface area contributed by atoms with Crippen molar-refractivity contribution in [3.63, 3.8) is 0 Å². The lowest BCUT2D eigenvalue weighted by Crippen LogP contribution is -2.50. The van der Waals surface area contributed by atoms with E-state index in [0.717, 1.165) is 32.2 Å². The van der Waals surface area contributed by atoms with E-state index in [9.17, 15) is 5.11 Å². The van der Waals surface area contributed by atoms with Gasteiger partial charge in [-0.3, -0.25) is 0 Å². The summed E-state index contributed by atoms with van der Waals surface area (Å²) in [5.41, 5.74) is 4.84. The van der Waals surface area contributed by atoms with Gasteiger partial charge in [-0.15, -0.1) is 0 Å². The second kappa shape index (κ2) is 12.2. The highest BCUT2D eigenvalue weighted by molar-refractivity contribution is 6.27. The Labute approximate surface area is 179 Å². The number of hydrogen-bond donors (Lipinski definition) is 4. The number of aliphatic hydroxyl groups is 1. The van der Waals surface area contributed by atoms with Crippen LogP contribution in [0.5, 0.6) is 0 Å². The van der Waals surface area contributed by atoms with E-state index in [2.05, 4.69) is 31.1 Å². The van der Waals surface area contributed by atoms with Gasteiger partial charge in [0.1, 0.15) is 6.61 Å². The molecule has 9 heteroatoms. The Bertz CT molecular complexity index is 573. The molecular formula is C21H39N3O6. The number of unbranched alkanes of at least 4 members (excludes halogenated alkanes) is 1. The van der Waals surface area contributed by atoms with Crippen LogP contribution in [-0.4, -0.2) is 77.8 Å². The monoisotopic (exact) mass is 429 g/mol. The van der Waals surface area contributed by atoms with Gasteiger partial charge in [-0.1, -0.05) is 24.9 Å². The highest BCUT2D eigenvalue weighted by Gasteiger charge is 2.58. The average Bonchev–Trinajstić information content (AvgIpc) is 2.93. The summed E-state index contributed by atoms with van der Waals surface area (Å²) in [7, 11) is 4.26. The highest BCUT2D eigenvalue weighted by atomic mass is 16.6. The van der Waals surface area contributed by atoms with E-state index in [1.807, 2.05) is 6.21 Å². The van der Waals surface area contributed by atoms with Crippen LogP contribution in [-0.2, 0) is 14.4 Å². The number of nitrogens with two attached hydrogens (primary N) is 1. The minimum absolute atomic E-state index is 0.0529. The first-order valence-corrected chi connectivity index (χ1v) is 10.7. The lowest BCUT2D eigenvalue weighted by Gasteiger charge is -2.48. The van der Waals surface area contributed by atoms with Gasteiger partial charge in [0, 0.05) is 24.1 Å². The van der Waals surface area contributed by atoms with Gasteiger partial charge in [0.2, 0.25) is 0 Å². The smallest absolute Gasteiger partial charge is 0.414 e. The van der Waals surface area contributed by atoms with Crippen molar-refractivity contribution in [1.82, 2.24) is 4.90 Å². The fourth-order valence-electron chi connectivity index (χ4n) is 4.75. The van der Waals surface area contributed by atoms with Crippen molar-refractivity contribution in [2.45, 2.75) is 63.9 Å². The van der Waals surface area contributed by atoms with Crippen LogP contribution in [0.3, 0.4) is 0 Å². The number of oxime groups is 1. The minimum atomic E-state index is -1.82. The van der Waals surface area contributed by atoms with E-state index in [1.165, 1.54) is 25.7 Å². The van der Waals surface area contributed by atoms with Crippen LogP contribution in [0.2, 0.25) is 0 Å². The predicted molar refractivity (Wildman–Crippen MR) is 114 cm³/mol. The molecule has 0 saturated heterocycles. The van der Waals surface area contributed by atoms with Gasteiger partial charge in [0.05, 0.1) is 5.60 Å². The standard InChI is InChI=1S/C19H37N3O2.C2H2O4/c1-18-9-7-16(6-4-5-12-22(2)3)14-19(18,23)10-8-17(18)15-21-24-13-11-20;3-1(4)2(5)6/h15-17,23H,4-14,20H2,1-3H3;(H,3,4)(H,5,6)/t16-,17+,18+,19-;/m0./s1. The first-order chi connectivity index (χ1) is 14.1. The molecule has 2 rings (SSSR count). The lowest BCUT2D eigenvalue weighted by atomic mass is 9.60. The molecule has 0 spiro atoms. The molecule has 30 heavy (non-hydrogen) atoms. The van der Waals surface area contributed by atoms with Gasteiger partial charge in [-0.2, -0.15) is 0 Å². The number of rotatable bonds is 9. The summed E-state index contributed by atoms with van der Waals surface area (Å²) in [6.07, 6.45) is 10.9. The molecule has 0 aromatic carbocycles. The van der Waals surface area contributed by atoms with Gasteiger partial charge in [0.25, 0.3) is 0 Å². The van der Waals surface area contributed by atoms with Crippen molar-refractivity contribution in [2.75, 3.05) is 33.8 Å². The Kier molecular flexibility index (Phi) is 10.7. The normalized spacial score (nSPS) is 30.6. The summed E-state index contributed by atoms with van der Waals surface area (Å²) in [6, 6.07) is 0. The lowest BCUT2D eigenvalue weighted by molar-refractivity contribution is -0.159. The van der Waals surface area contributed by atoms with Gasteiger partial charge in [-0.05, 0) is 65.1 Å². The van der Waals surface area contributed by atoms with Crippen LogP contribution >= 0.6 is 0 Å². The van der Waals surface area contributed by atoms with Crippen molar-refractivity contribution in [2.24, 2.45) is 28.1 Å². The average molecular weight is 430 g/mol. The molecule has 0 unspecified atom stereocenters. The fraction of sp³-hybridized carbons (Fsp3) is 0.857. The topological polar surface area (TPSA) is 146 Å². The van der Waals surface area contributed by atoms with Crippen LogP contribution in [0.4, 0.5) is 0 Å². The first-order valence-electron chi connectivity index (χ1n) is 10.7. The molecule has 2 fully saturated rings. The maximum atomic E-state index is 11.3. The van der Waals surface area contributed by atoms with Crippen molar-refractivity contribution < 1.29 is 29.7 Å². The zero-order valence-corrected chi connectivity index (χ0v) is 18.5. The molecule has 0 amide bonds. The SMILES string of the molecule is CN(C)CCCC[C@H]1CC[C@]2(C)[C@@H](C=NOCCN)CC[C@]2(O)C1.O=C(O)C(=O)O. The molecule has 4 atom stereocenters. The van der Waals surface area contributed by atoms with E-state index in [4.69, 9.17) is 30.4 Å². The Morgan fingerprint density at radius 2 is 1.87 bits per heavy atom. The molecule has 0 bridgehead atoms. The van der Waals surface area contributed by atoms with Gasteiger partial charge >= 0.3 is 11.9 Å². The summed E-state index contributed by atoms with van der Waals surface area (Å²) in [6.45, 7) is 4.36. The number of carbonyl (C=O) groups is 2. The first kappa shape index (κ1) is 26.3. The maximum Gasteiger partial charge on any atom is 0.414 e. The van der Waals surface area contributed by atoms with E-state index < -0.39 is 17.5 Å². The van der Waals surface area contributed by atoms with Crippen molar-refractivity contribution in [3.8, 4) is 0 Å². The molecule has 0 aliphatic heterocycles. The Morgan fingerprint density at radius 1 is 1.20 bits per heavy atom. The minimum Gasteiger partial charge on any atom is -0.473 e. The number of nitrogens with zero attached hydrogens (tertiary/aromatic N) is 2. The molecule has 2 saturated carbocycles. The third kappa shape index (κ3) is 7.52. The number of fused-ring (bicyclic) bond motifs is 1. The molecule has 0 aromatic heterocycles. The highest BCUT2D eigenvalue weighted by Crippen LogP contribution is 2.59.